The van der Waals surface area contributed by atoms with Crippen molar-refractivity contribution in [3.63, 3.8) is 0 Å². The molecule has 0 spiro atoms. The normalized spacial score (nSPS) is 10.6. The average molecular weight is 246 g/mol. The number of methoxy groups -OCH3 is 1. The van der Waals surface area contributed by atoms with Crippen molar-refractivity contribution in [2.45, 2.75) is 13.5 Å². The predicted molar refractivity (Wildman–Crippen MR) is 72.4 cm³/mol. The third kappa shape index (κ3) is 4.74. The quantitative estimate of drug-likeness (QED) is 0.458. The first-order chi connectivity index (χ1) is 8.80. The van der Waals surface area contributed by atoms with E-state index in [-0.39, 0.29) is 0 Å². The van der Waals surface area contributed by atoms with Gasteiger partial charge in [0.05, 0.1) is 20.2 Å². The molecule has 96 valence electrons. The number of pyridine rings is 1. The van der Waals surface area contributed by atoms with Crippen LogP contribution in [0.5, 0.6) is 5.88 Å². The molecule has 2 N–H and O–H groups in total. The van der Waals surface area contributed by atoms with Crippen molar-refractivity contribution in [1.29, 1.82) is 0 Å². The first kappa shape index (κ1) is 13.8. The number of nitrogens with zero attached hydrogens (tertiary/aromatic N) is 2. The highest BCUT2D eigenvalue weighted by atomic mass is 16.5. The van der Waals surface area contributed by atoms with Gasteiger partial charge in [0.25, 0.3) is 0 Å². The van der Waals surface area contributed by atoms with Crippen molar-refractivity contribution in [3.8, 4) is 18.2 Å². The maximum Gasteiger partial charge on any atom is 0.213 e. The molecule has 0 bridgehead atoms. The summed E-state index contributed by atoms with van der Waals surface area (Å²) in [6, 6.07) is 3.75. The van der Waals surface area contributed by atoms with E-state index < -0.39 is 0 Å². The molecule has 5 nitrogen and oxygen atoms in total. The summed E-state index contributed by atoms with van der Waals surface area (Å²) < 4.78 is 5.06. The minimum Gasteiger partial charge on any atom is -0.481 e. The SMILES string of the molecule is C#CCNC(=NCc1ccnc(OC)c1)NCC. The molecule has 0 aliphatic rings. The van der Waals surface area contributed by atoms with Crippen LogP contribution in [0.25, 0.3) is 0 Å². The second kappa shape index (κ2) is 7.96. The minimum absolute atomic E-state index is 0.450. The lowest BCUT2D eigenvalue weighted by Crippen LogP contribution is -2.37. The van der Waals surface area contributed by atoms with Gasteiger partial charge in [0, 0.05) is 18.8 Å². The van der Waals surface area contributed by atoms with E-state index in [2.05, 4.69) is 26.5 Å². The fourth-order valence-electron chi connectivity index (χ4n) is 1.31. The van der Waals surface area contributed by atoms with Gasteiger partial charge in [-0.05, 0) is 18.6 Å². The molecule has 0 radical (unpaired) electrons. The van der Waals surface area contributed by atoms with Gasteiger partial charge in [0.1, 0.15) is 0 Å². The zero-order chi connectivity index (χ0) is 13.2. The molecule has 0 atom stereocenters. The summed E-state index contributed by atoms with van der Waals surface area (Å²) in [4.78, 5) is 8.45. The molecular weight excluding hydrogens is 228 g/mol. The van der Waals surface area contributed by atoms with Crippen LogP contribution < -0.4 is 15.4 Å². The van der Waals surface area contributed by atoms with E-state index in [4.69, 9.17) is 11.2 Å². The topological polar surface area (TPSA) is 58.5 Å². The van der Waals surface area contributed by atoms with Gasteiger partial charge in [-0.15, -0.1) is 6.42 Å². The van der Waals surface area contributed by atoms with Crippen LogP contribution in [0.2, 0.25) is 0 Å². The molecule has 1 aromatic heterocycles. The van der Waals surface area contributed by atoms with Crippen LogP contribution in [0.3, 0.4) is 0 Å². The number of hydrogen-bond acceptors (Lipinski definition) is 3. The maximum atomic E-state index is 5.20. The summed E-state index contributed by atoms with van der Waals surface area (Å²) in [7, 11) is 1.59. The molecule has 0 fully saturated rings. The number of aliphatic imine (C=N–C) groups is 1. The van der Waals surface area contributed by atoms with Gasteiger partial charge in [-0.25, -0.2) is 9.98 Å². The minimum atomic E-state index is 0.450. The monoisotopic (exact) mass is 246 g/mol. The van der Waals surface area contributed by atoms with E-state index in [1.807, 2.05) is 19.1 Å². The molecule has 0 aliphatic carbocycles. The van der Waals surface area contributed by atoms with Crippen LogP contribution in [-0.4, -0.2) is 31.1 Å². The maximum absolute atomic E-state index is 5.20. The van der Waals surface area contributed by atoms with E-state index in [1.54, 1.807) is 13.3 Å². The molecule has 0 aliphatic heterocycles. The Kier molecular flexibility index (Phi) is 6.12. The molecule has 0 aromatic carbocycles. The van der Waals surface area contributed by atoms with Gasteiger partial charge in [0.2, 0.25) is 5.88 Å². The fraction of sp³-hybridized carbons (Fsp3) is 0.385. The van der Waals surface area contributed by atoms with Crippen molar-refractivity contribution in [3.05, 3.63) is 23.9 Å². The first-order valence-corrected chi connectivity index (χ1v) is 5.74. The molecule has 0 unspecified atom stereocenters. The van der Waals surface area contributed by atoms with Crippen LogP contribution in [0, 0.1) is 12.3 Å². The summed E-state index contributed by atoms with van der Waals surface area (Å²) in [5.41, 5.74) is 1.03. The average Bonchev–Trinajstić information content (AvgIpc) is 2.42. The first-order valence-electron chi connectivity index (χ1n) is 5.74. The third-order valence-corrected chi connectivity index (χ3v) is 2.13. The summed E-state index contributed by atoms with van der Waals surface area (Å²) in [6.07, 6.45) is 6.90. The Labute approximate surface area is 108 Å². The Morgan fingerprint density at radius 2 is 2.39 bits per heavy atom. The highest BCUT2D eigenvalue weighted by molar-refractivity contribution is 5.79. The van der Waals surface area contributed by atoms with Gasteiger partial charge in [-0.2, -0.15) is 0 Å². The predicted octanol–water partition coefficient (Wildman–Crippen LogP) is 0.778. The summed E-state index contributed by atoms with van der Waals surface area (Å²) in [5, 5.41) is 6.14. The molecule has 1 aromatic rings. The van der Waals surface area contributed by atoms with Gasteiger partial charge in [-0.3, -0.25) is 0 Å². The molecule has 0 saturated carbocycles. The number of terminal acetylenes is 1. The molecule has 0 saturated heterocycles. The number of aromatic nitrogens is 1. The Morgan fingerprint density at radius 1 is 1.56 bits per heavy atom. The number of nitrogens with one attached hydrogen (secondary N) is 2. The van der Waals surface area contributed by atoms with Crippen molar-refractivity contribution in [1.82, 2.24) is 15.6 Å². The number of guanidine groups is 1. The highest BCUT2D eigenvalue weighted by Crippen LogP contribution is 2.09. The van der Waals surface area contributed by atoms with Crippen LogP contribution in [-0.2, 0) is 6.54 Å². The number of hydrogen-bond donors (Lipinski definition) is 2. The zero-order valence-electron chi connectivity index (χ0n) is 10.7. The molecular formula is C13H18N4O. The molecule has 5 heteroatoms. The van der Waals surface area contributed by atoms with Crippen molar-refractivity contribution in [2.75, 3.05) is 20.2 Å². The van der Waals surface area contributed by atoms with Crippen LogP contribution in [0.15, 0.2) is 23.3 Å². The van der Waals surface area contributed by atoms with Gasteiger partial charge < -0.3 is 15.4 Å². The lowest BCUT2D eigenvalue weighted by Gasteiger charge is -2.08. The van der Waals surface area contributed by atoms with Crippen LogP contribution in [0.4, 0.5) is 0 Å². The number of rotatable bonds is 5. The fourth-order valence-corrected chi connectivity index (χ4v) is 1.31. The summed E-state index contributed by atoms with van der Waals surface area (Å²) >= 11 is 0. The van der Waals surface area contributed by atoms with Crippen LogP contribution in [0.1, 0.15) is 12.5 Å². The van der Waals surface area contributed by atoms with Gasteiger partial charge in [-0.1, -0.05) is 5.92 Å². The zero-order valence-corrected chi connectivity index (χ0v) is 10.7. The van der Waals surface area contributed by atoms with Gasteiger partial charge >= 0.3 is 0 Å². The lowest BCUT2D eigenvalue weighted by molar-refractivity contribution is 0.397. The lowest BCUT2D eigenvalue weighted by atomic mass is 10.3. The smallest absolute Gasteiger partial charge is 0.213 e. The molecule has 1 rings (SSSR count). The summed E-state index contributed by atoms with van der Waals surface area (Å²) in [6.45, 7) is 3.78. The second-order valence-corrected chi connectivity index (χ2v) is 3.46. The van der Waals surface area contributed by atoms with Crippen molar-refractivity contribution >= 4 is 5.96 Å². The van der Waals surface area contributed by atoms with E-state index >= 15 is 0 Å². The Morgan fingerprint density at radius 3 is 3.06 bits per heavy atom. The van der Waals surface area contributed by atoms with Crippen molar-refractivity contribution in [2.24, 2.45) is 4.99 Å². The second-order valence-electron chi connectivity index (χ2n) is 3.46. The number of ether oxygens (including phenoxy) is 1. The molecule has 0 amide bonds. The third-order valence-electron chi connectivity index (χ3n) is 2.13. The van der Waals surface area contributed by atoms with E-state index in [0.29, 0.717) is 24.9 Å². The largest absolute Gasteiger partial charge is 0.481 e. The Hall–Kier alpha value is -2.22. The van der Waals surface area contributed by atoms with E-state index in [0.717, 1.165) is 12.1 Å². The van der Waals surface area contributed by atoms with E-state index in [1.165, 1.54) is 0 Å². The Bertz CT molecular complexity index is 437. The molecule has 18 heavy (non-hydrogen) atoms. The van der Waals surface area contributed by atoms with E-state index in [9.17, 15) is 0 Å². The molecule has 1 heterocycles. The standard InChI is InChI=1S/C13H18N4O/c1-4-7-16-13(14-5-2)17-10-11-6-8-15-12(9-11)18-3/h1,6,8-9H,5,7,10H2,2-3H3,(H2,14,16,17). The van der Waals surface area contributed by atoms with Crippen molar-refractivity contribution < 1.29 is 4.74 Å². The Balaban J connectivity index is 2.65. The van der Waals surface area contributed by atoms with Crippen LogP contribution >= 0.6 is 0 Å². The summed E-state index contributed by atoms with van der Waals surface area (Å²) in [5.74, 6) is 3.80. The highest BCUT2D eigenvalue weighted by Gasteiger charge is 1.98. The van der Waals surface area contributed by atoms with Gasteiger partial charge in [0.15, 0.2) is 5.96 Å².